The highest BCUT2D eigenvalue weighted by Crippen LogP contribution is 2.26. The quantitative estimate of drug-likeness (QED) is 0.723. The molecule has 0 aliphatic rings. The largest absolute Gasteiger partial charge is 0.495 e. The first kappa shape index (κ1) is 10.4. The third-order valence-electron chi connectivity index (χ3n) is 1.90. The van der Waals surface area contributed by atoms with Crippen LogP contribution in [0.4, 0.5) is 10.5 Å². The number of rotatable bonds is 2. The number of carbonyl (C=O) groups excluding carboxylic acids is 1. The highest BCUT2D eigenvalue weighted by atomic mass is 16.5. The average Bonchev–Trinajstić information content (AvgIpc) is 2.26. The van der Waals surface area contributed by atoms with Crippen LogP contribution in [0.25, 0.3) is 0 Å². The Morgan fingerprint density at radius 3 is 2.50 bits per heavy atom. The second-order valence-electron chi connectivity index (χ2n) is 2.70. The summed E-state index contributed by atoms with van der Waals surface area (Å²) >= 11 is 0. The molecule has 0 heterocycles. The second kappa shape index (κ2) is 4.50. The number of methoxy groups -OCH3 is 2. The van der Waals surface area contributed by atoms with Crippen molar-refractivity contribution in [2.45, 2.75) is 0 Å². The monoisotopic (exact) mass is 195 g/mol. The van der Waals surface area contributed by atoms with Crippen molar-refractivity contribution in [1.82, 2.24) is 0 Å². The van der Waals surface area contributed by atoms with Crippen molar-refractivity contribution in [2.75, 3.05) is 26.2 Å². The summed E-state index contributed by atoms with van der Waals surface area (Å²) in [5, 5.41) is 0. The van der Waals surface area contributed by atoms with Crippen LogP contribution in [0.1, 0.15) is 0 Å². The predicted octanol–water partition coefficient (Wildman–Crippen LogP) is 1.90. The fourth-order valence-corrected chi connectivity index (χ4v) is 1.14. The third-order valence-corrected chi connectivity index (χ3v) is 1.90. The van der Waals surface area contributed by atoms with Gasteiger partial charge < -0.3 is 9.47 Å². The minimum absolute atomic E-state index is 0.422. The van der Waals surface area contributed by atoms with Gasteiger partial charge in [-0.15, -0.1) is 0 Å². The lowest BCUT2D eigenvalue weighted by Gasteiger charge is -2.17. The Kier molecular flexibility index (Phi) is 3.34. The van der Waals surface area contributed by atoms with Crippen LogP contribution in [0.15, 0.2) is 24.3 Å². The van der Waals surface area contributed by atoms with Gasteiger partial charge in [-0.3, -0.25) is 4.90 Å². The first-order valence-corrected chi connectivity index (χ1v) is 4.15. The van der Waals surface area contributed by atoms with Crippen molar-refractivity contribution in [3.05, 3.63) is 24.3 Å². The summed E-state index contributed by atoms with van der Waals surface area (Å²) in [6.07, 6.45) is -0.422. The van der Waals surface area contributed by atoms with Gasteiger partial charge in [0.1, 0.15) is 5.75 Å². The van der Waals surface area contributed by atoms with E-state index in [0.717, 1.165) is 0 Å². The molecular weight excluding hydrogens is 182 g/mol. The van der Waals surface area contributed by atoms with E-state index in [1.165, 1.54) is 12.0 Å². The van der Waals surface area contributed by atoms with Gasteiger partial charge in [0.2, 0.25) is 0 Å². The molecule has 0 fully saturated rings. The van der Waals surface area contributed by atoms with Crippen molar-refractivity contribution >= 4 is 11.8 Å². The maximum absolute atomic E-state index is 11.2. The fourth-order valence-electron chi connectivity index (χ4n) is 1.14. The molecular formula is C10H13NO3. The van der Waals surface area contributed by atoms with Crippen LogP contribution in [-0.4, -0.2) is 27.4 Å². The minimum Gasteiger partial charge on any atom is -0.495 e. The zero-order valence-electron chi connectivity index (χ0n) is 8.48. The molecule has 0 atom stereocenters. The van der Waals surface area contributed by atoms with Gasteiger partial charge in [0, 0.05) is 7.05 Å². The van der Waals surface area contributed by atoms with Gasteiger partial charge in [-0.2, -0.15) is 0 Å². The zero-order chi connectivity index (χ0) is 10.6. The van der Waals surface area contributed by atoms with E-state index in [1.54, 1.807) is 26.3 Å². The summed E-state index contributed by atoms with van der Waals surface area (Å²) in [6, 6.07) is 7.25. The van der Waals surface area contributed by atoms with Gasteiger partial charge in [-0.05, 0) is 12.1 Å². The molecule has 0 bridgehead atoms. The zero-order valence-corrected chi connectivity index (χ0v) is 8.48. The highest BCUT2D eigenvalue weighted by Gasteiger charge is 2.14. The second-order valence-corrected chi connectivity index (χ2v) is 2.70. The molecule has 4 nitrogen and oxygen atoms in total. The van der Waals surface area contributed by atoms with E-state index in [4.69, 9.17) is 4.74 Å². The first-order valence-electron chi connectivity index (χ1n) is 4.15. The summed E-state index contributed by atoms with van der Waals surface area (Å²) in [7, 11) is 4.53. The van der Waals surface area contributed by atoms with Crippen LogP contribution in [0.2, 0.25) is 0 Å². The molecule has 0 aliphatic carbocycles. The lowest BCUT2D eigenvalue weighted by Crippen LogP contribution is -2.26. The van der Waals surface area contributed by atoms with E-state index in [1.807, 2.05) is 12.1 Å². The smallest absolute Gasteiger partial charge is 0.413 e. The number of carbonyl (C=O) groups is 1. The number of amides is 1. The summed E-state index contributed by atoms with van der Waals surface area (Å²) < 4.78 is 9.71. The summed E-state index contributed by atoms with van der Waals surface area (Å²) in [5.41, 5.74) is 0.682. The number of ether oxygens (including phenoxy) is 2. The first-order chi connectivity index (χ1) is 6.70. The molecule has 0 radical (unpaired) electrons. The topological polar surface area (TPSA) is 38.8 Å². The maximum atomic E-state index is 11.2. The van der Waals surface area contributed by atoms with Gasteiger partial charge in [0.05, 0.1) is 19.9 Å². The number of nitrogens with zero attached hydrogens (tertiary/aromatic N) is 1. The van der Waals surface area contributed by atoms with Gasteiger partial charge >= 0.3 is 6.09 Å². The van der Waals surface area contributed by atoms with Crippen molar-refractivity contribution in [3.63, 3.8) is 0 Å². The molecule has 0 unspecified atom stereocenters. The molecule has 1 aromatic rings. The Labute approximate surface area is 83.0 Å². The molecule has 76 valence electrons. The van der Waals surface area contributed by atoms with Crippen LogP contribution in [0.3, 0.4) is 0 Å². The standard InChI is InChI=1S/C10H13NO3/c1-11(10(12)14-3)8-6-4-5-7-9(8)13-2/h4-7H,1-3H3. The number of hydrogen-bond acceptors (Lipinski definition) is 3. The Bertz CT molecular complexity index is 325. The van der Waals surface area contributed by atoms with Crippen LogP contribution in [0.5, 0.6) is 5.75 Å². The fraction of sp³-hybridized carbons (Fsp3) is 0.300. The van der Waals surface area contributed by atoms with Crippen molar-refractivity contribution in [1.29, 1.82) is 0 Å². The SMILES string of the molecule is COC(=O)N(C)c1ccccc1OC. The van der Waals surface area contributed by atoms with Crippen molar-refractivity contribution < 1.29 is 14.3 Å². The molecule has 14 heavy (non-hydrogen) atoms. The lowest BCUT2D eigenvalue weighted by atomic mass is 10.3. The molecule has 0 saturated heterocycles. The lowest BCUT2D eigenvalue weighted by molar-refractivity contribution is 0.180. The van der Waals surface area contributed by atoms with Crippen molar-refractivity contribution in [3.8, 4) is 5.75 Å². The molecule has 0 aromatic heterocycles. The van der Waals surface area contributed by atoms with Crippen molar-refractivity contribution in [2.24, 2.45) is 0 Å². The van der Waals surface area contributed by atoms with E-state index in [2.05, 4.69) is 4.74 Å². The summed E-state index contributed by atoms with van der Waals surface area (Å²) in [5.74, 6) is 0.639. The number of anilines is 1. The molecule has 1 amide bonds. The van der Waals surface area contributed by atoms with Crippen LogP contribution in [-0.2, 0) is 4.74 Å². The average molecular weight is 195 g/mol. The van der Waals surface area contributed by atoms with Gasteiger partial charge in [-0.1, -0.05) is 12.1 Å². The van der Waals surface area contributed by atoms with Crippen LogP contribution >= 0.6 is 0 Å². The van der Waals surface area contributed by atoms with Crippen LogP contribution < -0.4 is 9.64 Å². The molecule has 0 saturated carbocycles. The third kappa shape index (κ3) is 1.96. The Morgan fingerprint density at radius 2 is 1.93 bits per heavy atom. The maximum Gasteiger partial charge on any atom is 0.413 e. The molecule has 4 heteroatoms. The Balaban J connectivity index is 2.99. The molecule has 1 rings (SSSR count). The van der Waals surface area contributed by atoms with E-state index in [0.29, 0.717) is 11.4 Å². The van der Waals surface area contributed by atoms with Gasteiger partial charge in [0.25, 0.3) is 0 Å². The Morgan fingerprint density at radius 1 is 1.29 bits per heavy atom. The van der Waals surface area contributed by atoms with Crippen LogP contribution in [0, 0.1) is 0 Å². The normalized spacial score (nSPS) is 9.36. The van der Waals surface area contributed by atoms with E-state index in [-0.39, 0.29) is 0 Å². The summed E-state index contributed by atoms with van der Waals surface area (Å²) in [4.78, 5) is 12.6. The summed E-state index contributed by atoms with van der Waals surface area (Å²) in [6.45, 7) is 0. The predicted molar refractivity (Wildman–Crippen MR) is 53.8 cm³/mol. The minimum atomic E-state index is -0.422. The number of benzene rings is 1. The number of para-hydroxylation sites is 2. The Hall–Kier alpha value is -1.71. The van der Waals surface area contributed by atoms with E-state index in [9.17, 15) is 4.79 Å². The van der Waals surface area contributed by atoms with E-state index < -0.39 is 6.09 Å². The van der Waals surface area contributed by atoms with E-state index >= 15 is 0 Å². The highest BCUT2D eigenvalue weighted by molar-refractivity contribution is 5.88. The molecule has 1 aromatic carbocycles. The molecule has 0 spiro atoms. The van der Waals surface area contributed by atoms with Gasteiger partial charge in [0.15, 0.2) is 0 Å². The molecule has 0 N–H and O–H groups in total. The molecule has 0 aliphatic heterocycles. The van der Waals surface area contributed by atoms with Gasteiger partial charge in [-0.25, -0.2) is 4.79 Å². The number of hydrogen-bond donors (Lipinski definition) is 0.